The fourth-order valence-corrected chi connectivity index (χ4v) is 4.15. The zero-order valence-corrected chi connectivity index (χ0v) is 18.6. The summed E-state index contributed by atoms with van der Waals surface area (Å²) in [7, 11) is 1.68. The van der Waals surface area contributed by atoms with Crippen molar-refractivity contribution in [3.63, 3.8) is 0 Å². The molecule has 4 aromatic rings. The van der Waals surface area contributed by atoms with Crippen LogP contribution in [0.3, 0.4) is 0 Å². The lowest BCUT2D eigenvalue weighted by Crippen LogP contribution is -2.25. The van der Waals surface area contributed by atoms with Crippen LogP contribution in [0.2, 0.25) is 0 Å². The maximum absolute atomic E-state index is 13.0. The average Bonchev–Trinajstić information content (AvgIpc) is 3.23. The van der Waals surface area contributed by atoms with E-state index in [9.17, 15) is 10.1 Å². The van der Waals surface area contributed by atoms with E-state index >= 15 is 0 Å². The molecule has 0 amide bonds. The Balaban J connectivity index is 1.89. The van der Waals surface area contributed by atoms with Crippen LogP contribution in [0.1, 0.15) is 41.4 Å². The summed E-state index contributed by atoms with van der Waals surface area (Å²) in [6.45, 7) is 5.77. The van der Waals surface area contributed by atoms with Crippen LogP contribution in [0.15, 0.2) is 29.2 Å². The van der Waals surface area contributed by atoms with Crippen molar-refractivity contribution in [3.05, 3.63) is 63.2 Å². The smallest absolute Gasteiger partial charge is 0.368 e. The number of anilines is 1. The molecule has 2 N–H and O–H groups in total. The van der Waals surface area contributed by atoms with Crippen molar-refractivity contribution in [3.8, 4) is 28.9 Å². The van der Waals surface area contributed by atoms with E-state index < -0.39 is 11.8 Å². The molecule has 0 fully saturated rings. The number of ether oxygens (including phenoxy) is 1. The Morgan fingerprint density at radius 1 is 1.27 bits per heavy atom. The Kier molecular flexibility index (Phi) is 4.52. The molecule has 4 heterocycles. The minimum atomic E-state index is -0.509. The molecule has 0 saturated heterocycles. The Labute approximate surface area is 188 Å². The van der Waals surface area contributed by atoms with Gasteiger partial charge >= 0.3 is 5.69 Å². The fraction of sp³-hybridized carbons (Fsp3) is 0.273. The van der Waals surface area contributed by atoms with Crippen LogP contribution in [-0.4, -0.2) is 34.1 Å². The molecule has 11 nitrogen and oxygen atoms in total. The first-order valence-corrected chi connectivity index (χ1v) is 10.3. The van der Waals surface area contributed by atoms with Crippen molar-refractivity contribution < 1.29 is 4.74 Å². The zero-order valence-electron chi connectivity index (χ0n) is 18.6. The second kappa shape index (κ2) is 7.30. The Morgan fingerprint density at radius 3 is 2.82 bits per heavy atom. The van der Waals surface area contributed by atoms with Gasteiger partial charge in [-0.3, -0.25) is 9.36 Å². The molecule has 1 aliphatic heterocycles. The van der Waals surface area contributed by atoms with E-state index in [1.807, 2.05) is 32.0 Å². The summed E-state index contributed by atoms with van der Waals surface area (Å²) in [6.07, 6.45) is 0.983. The topological polar surface area (TPSA) is 142 Å². The van der Waals surface area contributed by atoms with Crippen molar-refractivity contribution in [1.29, 1.82) is 5.26 Å². The monoisotopic (exact) mass is 443 g/mol. The second-order valence-corrected chi connectivity index (χ2v) is 7.98. The first kappa shape index (κ1) is 20.4. The molecule has 0 aliphatic carbocycles. The molecule has 0 spiro atoms. The van der Waals surface area contributed by atoms with Gasteiger partial charge in [0.2, 0.25) is 0 Å². The number of hydrogen-bond donors (Lipinski definition) is 1. The number of aryl methyl sites for hydroxylation is 3. The molecule has 1 aliphatic rings. The van der Waals surface area contributed by atoms with Gasteiger partial charge in [0.05, 0.1) is 35.4 Å². The molecular formula is C22H21N9O2. The van der Waals surface area contributed by atoms with Crippen molar-refractivity contribution in [2.24, 2.45) is 7.05 Å². The highest BCUT2D eigenvalue weighted by Crippen LogP contribution is 2.33. The normalized spacial score (nSPS) is 14.7. The van der Waals surface area contributed by atoms with Crippen molar-refractivity contribution >= 4 is 5.82 Å². The summed E-state index contributed by atoms with van der Waals surface area (Å²) in [4.78, 5) is 26.0. The van der Waals surface area contributed by atoms with Crippen molar-refractivity contribution in [2.45, 2.75) is 33.4 Å². The maximum atomic E-state index is 13.0. The van der Waals surface area contributed by atoms with Crippen LogP contribution in [0.25, 0.3) is 16.9 Å². The zero-order chi connectivity index (χ0) is 23.4. The summed E-state index contributed by atoms with van der Waals surface area (Å²) < 4.78 is 10.9. The highest BCUT2D eigenvalue weighted by molar-refractivity contribution is 5.69. The van der Waals surface area contributed by atoms with Gasteiger partial charge in [0.25, 0.3) is 5.88 Å². The molecule has 3 aromatic heterocycles. The number of nitriles is 1. The van der Waals surface area contributed by atoms with Gasteiger partial charge in [-0.15, -0.1) is 0 Å². The van der Waals surface area contributed by atoms with Gasteiger partial charge in [0.15, 0.2) is 5.82 Å². The van der Waals surface area contributed by atoms with Gasteiger partial charge in [-0.2, -0.15) is 20.0 Å². The molecule has 2 bridgehead atoms. The minimum Gasteiger partial charge on any atom is -0.467 e. The predicted molar refractivity (Wildman–Crippen MR) is 119 cm³/mol. The van der Waals surface area contributed by atoms with E-state index in [2.05, 4.69) is 26.1 Å². The third-order valence-corrected chi connectivity index (χ3v) is 5.74. The lowest BCUT2D eigenvalue weighted by atomic mass is 10.0. The number of aromatic nitrogens is 7. The number of hydrogen-bond acceptors (Lipinski definition) is 8. The maximum Gasteiger partial charge on any atom is 0.368 e. The Bertz CT molecular complexity index is 1520. The van der Waals surface area contributed by atoms with E-state index in [-0.39, 0.29) is 18.2 Å². The SMILES string of the molecule is Cc1ccc2c(c1)[C@@H](C)Oc1nc(cnc1N)-c1c(nn(C)c1C#N)Cn1c(C)nc(=O)n1-2. The van der Waals surface area contributed by atoms with Crippen molar-refractivity contribution in [1.82, 2.24) is 34.1 Å². The Hall–Kier alpha value is -4.46. The number of nitrogens with zero attached hydrogens (tertiary/aromatic N) is 8. The fourth-order valence-electron chi connectivity index (χ4n) is 4.15. The summed E-state index contributed by atoms with van der Waals surface area (Å²) >= 11 is 0. The number of fused-ring (bicyclic) bond motifs is 7. The molecule has 33 heavy (non-hydrogen) atoms. The lowest BCUT2D eigenvalue weighted by molar-refractivity contribution is 0.217. The molecule has 0 saturated carbocycles. The molecule has 11 heteroatoms. The second-order valence-electron chi connectivity index (χ2n) is 7.98. The Morgan fingerprint density at radius 2 is 2.06 bits per heavy atom. The van der Waals surface area contributed by atoms with Crippen molar-refractivity contribution in [2.75, 3.05) is 5.73 Å². The number of nitrogens with two attached hydrogens (primary N) is 1. The van der Waals surface area contributed by atoms with Crippen LogP contribution < -0.4 is 16.2 Å². The van der Waals surface area contributed by atoms with Gasteiger partial charge in [-0.1, -0.05) is 17.7 Å². The van der Waals surface area contributed by atoms with Crippen LogP contribution in [0, 0.1) is 25.2 Å². The first-order chi connectivity index (χ1) is 15.8. The molecule has 1 aromatic carbocycles. The minimum absolute atomic E-state index is 0.124. The molecule has 5 rings (SSSR count). The van der Waals surface area contributed by atoms with Crippen LogP contribution >= 0.6 is 0 Å². The van der Waals surface area contributed by atoms with E-state index in [1.54, 1.807) is 18.7 Å². The van der Waals surface area contributed by atoms with E-state index in [4.69, 9.17) is 10.5 Å². The third kappa shape index (κ3) is 3.15. The van der Waals surface area contributed by atoms with Gasteiger partial charge in [0.1, 0.15) is 23.7 Å². The quantitative estimate of drug-likeness (QED) is 0.433. The summed E-state index contributed by atoms with van der Waals surface area (Å²) in [5, 5.41) is 14.4. The summed E-state index contributed by atoms with van der Waals surface area (Å²) in [5.74, 6) is 0.777. The number of rotatable bonds is 0. The number of benzene rings is 1. The average molecular weight is 443 g/mol. The van der Waals surface area contributed by atoms with E-state index in [0.29, 0.717) is 34.2 Å². The largest absolute Gasteiger partial charge is 0.467 e. The molecule has 0 unspecified atom stereocenters. The third-order valence-electron chi connectivity index (χ3n) is 5.74. The van der Waals surface area contributed by atoms with Crippen LogP contribution in [0.5, 0.6) is 5.88 Å². The van der Waals surface area contributed by atoms with Crippen LogP contribution in [-0.2, 0) is 13.6 Å². The first-order valence-electron chi connectivity index (χ1n) is 10.3. The van der Waals surface area contributed by atoms with Gasteiger partial charge in [-0.05, 0) is 26.8 Å². The van der Waals surface area contributed by atoms with E-state index in [1.165, 1.54) is 15.6 Å². The number of nitrogen functional groups attached to an aromatic ring is 1. The molecule has 166 valence electrons. The van der Waals surface area contributed by atoms with Gasteiger partial charge in [-0.25, -0.2) is 14.8 Å². The standard InChI is InChI=1S/C22H21N9O2/c1-11-5-6-17-14(7-11)12(2)33-21-20(24)25-9-15(27-21)19-16(28-29(4)18(19)8-23)10-30-13(3)26-22(32)31(17)30/h5-7,9,12H,10H2,1-4H3,(H2,24,25)/t12-/m1/s1. The van der Waals surface area contributed by atoms with Crippen LogP contribution in [0.4, 0.5) is 5.82 Å². The summed E-state index contributed by atoms with van der Waals surface area (Å²) in [5.41, 5.74) is 9.80. The van der Waals surface area contributed by atoms with Gasteiger partial charge < -0.3 is 10.5 Å². The lowest BCUT2D eigenvalue weighted by Gasteiger charge is -2.22. The predicted octanol–water partition coefficient (Wildman–Crippen LogP) is 1.80. The molecule has 0 radical (unpaired) electrons. The molecule has 1 atom stereocenters. The molecular weight excluding hydrogens is 422 g/mol. The highest BCUT2D eigenvalue weighted by atomic mass is 16.5. The summed E-state index contributed by atoms with van der Waals surface area (Å²) in [6, 6.07) is 7.92. The highest BCUT2D eigenvalue weighted by Gasteiger charge is 2.26. The van der Waals surface area contributed by atoms with Gasteiger partial charge in [0, 0.05) is 12.6 Å². The van der Waals surface area contributed by atoms with E-state index in [0.717, 1.165) is 11.1 Å².